The van der Waals surface area contributed by atoms with Gasteiger partial charge in [0.05, 0.1) is 0 Å². The number of carboxylic acids is 2. The molecule has 15 heteroatoms. The Morgan fingerprint density at radius 2 is 1.17 bits per heavy atom. The van der Waals surface area contributed by atoms with Gasteiger partial charge in [0.25, 0.3) is 6.47 Å². The Morgan fingerprint density at radius 1 is 0.780 bits per heavy atom. The average Bonchev–Trinajstić information content (AvgIpc) is 2.94. The van der Waals surface area contributed by atoms with E-state index in [1.165, 1.54) is 0 Å². The van der Waals surface area contributed by atoms with Crippen molar-refractivity contribution in [3.05, 3.63) is 71.8 Å². The third-order valence-electron chi connectivity index (χ3n) is 4.09. The van der Waals surface area contributed by atoms with Gasteiger partial charge in [0.15, 0.2) is 0 Å². The van der Waals surface area contributed by atoms with Gasteiger partial charge in [0.1, 0.15) is 13.2 Å². The fraction of sp³-hybridized carbons (Fsp3) is 0.346. The van der Waals surface area contributed by atoms with Gasteiger partial charge in [-0.15, -0.1) is 0 Å². The molecule has 2 rings (SSSR count). The maximum Gasteiger partial charge on any atom is 1.00 e. The van der Waals surface area contributed by atoms with Gasteiger partial charge in [-0.1, -0.05) is 60.7 Å². The van der Waals surface area contributed by atoms with E-state index in [1.807, 2.05) is 60.7 Å². The molecule has 12 nitrogen and oxygen atoms in total. The summed E-state index contributed by atoms with van der Waals surface area (Å²) in [4.78, 5) is 52.6. The molecular formula is C26H34ClNNa2O11. The molecule has 218 valence electrons. The summed E-state index contributed by atoms with van der Waals surface area (Å²) in [5, 5.41) is 24.8. The molecule has 0 atom stereocenters. The molecule has 41 heavy (non-hydrogen) atoms. The van der Waals surface area contributed by atoms with Crippen LogP contribution in [0.3, 0.4) is 0 Å². The molecule has 0 aliphatic carbocycles. The van der Waals surface area contributed by atoms with Crippen LogP contribution in [0.5, 0.6) is 0 Å². The number of aliphatic carboxylic acids is 2. The van der Waals surface area contributed by atoms with Crippen LogP contribution in [0.1, 0.15) is 51.1 Å². The standard InChI is InChI=1S/C13H16O4.C8H7ClO2.C4H9NO2.CH2O3.2Na.H/c14-12(15)8-4-5-9-13(16)17-10-11-6-2-1-3-7-11;9-8(10)11-6-7-4-2-1-3-5-7;5-3-1-2-4(6)7;2-1-4-3;;;/h1-3,6-7H,4-5,8-10H2,(H,14,15);1-5H,6H2;1-3,5H2,(H,6,7);1,3H;;;/q;;;;2*+1;-1/p-1. The van der Waals surface area contributed by atoms with E-state index in [0.717, 1.165) is 11.1 Å². The summed E-state index contributed by atoms with van der Waals surface area (Å²) in [6, 6.07) is 18.8. The number of hydrogen-bond acceptors (Lipinski definition) is 10. The van der Waals surface area contributed by atoms with Crippen LogP contribution in [-0.2, 0) is 46.8 Å². The summed E-state index contributed by atoms with van der Waals surface area (Å²) in [6.45, 7) is 0.800. The van der Waals surface area contributed by atoms with Gasteiger partial charge in [0, 0.05) is 30.9 Å². The van der Waals surface area contributed by atoms with Crippen LogP contribution in [0.2, 0.25) is 0 Å². The normalized spacial score (nSPS) is 8.56. The van der Waals surface area contributed by atoms with Crippen LogP contribution in [0.4, 0.5) is 4.79 Å². The first-order chi connectivity index (χ1) is 18.7. The number of carbonyl (C=O) groups excluding carboxylic acids is 3. The van der Waals surface area contributed by atoms with Crippen molar-refractivity contribution in [1.29, 1.82) is 0 Å². The van der Waals surface area contributed by atoms with E-state index >= 15 is 0 Å². The molecule has 0 aliphatic rings. The molecule has 0 unspecified atom stereocenters. The SMILES string of the molecule is NCCCC(=O)O.O=C(Cl)OCc1ccccc1.O=C(O)CCCCC(=O)OCc1ccccc1.O=CO[O-].[H-].[Na+].[Na+]. The molecule has 0 radical (unpaired) electrons. The van der Waals surface area contributed by atoms with Crippen molar-refractivity contribution in [2.45, 2.75) is 51.7 Å². The van der Waals surface area contributed by atoms with Gasteiger partial charge in [-0.05, 0) is 36.9 Å². The maximum atomic E-state index is 11.3. The monoisotopic (exact) mass is 617 g/mol. The van der Waals surface area contributed by atoms with Gasteiger partial charge < -0.3 is 37.0 Å². The Labute approximate surface area is 289 Å². The molecule has 2 aromatic carbocycles. The molecule has 2 aromatic rings. The molecule has 0 bridgehead atoms. The van der Waals surface area contributed by atoms with E-state index in [-0.39, 0.29) is 105 Å². The predicted molar refractivity (Wildman–Crippen MR) is 139 cm³/mol. The van der Waals surface area contributed by atoms with E-state index in [2.05, 4.69) is 9.62 Å². The third kappa shape index (κ3) is 38.0. The number of ether oxygens (including phenoxy) is 2. The molecule has 0 saturated heterocycles. The number of hydrogen-bond donors (Lipinski definition) is 3. The molecule has 0 aliphatic heterocycles. The summed E-state index contributed by atoms with van der Waals surface area (Å²) in [5.41, 5.74) is 6.13. The zero-order valence-corrected chi connectivity index (χ0v) is 28.0. The molecule has 0 saturated carbocycles. The Bertz CT molecular complexity index is 946. The molecule has 0 aromatic heterocycles. The van der Waals surface area contributed by atoms with E-state index in [9.17, 15) is 19.2 Å². The minimum absolute atomic E-state index is 0. The minimum atomic E-state index is -0.831. The maximum absolute atomic E-state index is 11.3. The van der Waals surface area contributed by atoms with Crippen LogP contribution < -0.4 is 70.1 Å². The van der Waals surface area contributed by atoms with Gasteiger partial charge >= 0.3 is 82.5 Å². The molecule has 0 heterocycles. The Kier molecular flexibility index (Phi) is 38.4. The number of unbranched alkanes of at least 4 members (excludes halogenated alkanes) is 1. The zero-order chi connectivity index (χ0) is 29.7. The first-order valence-electron chi connectivity index (χ1n) is 11.6. The smallest absolute Gasteiger partial charge is 1.00 e. The van der Waals surface area contributed by atoms with E-state index in [1.54, 1.807) is 0 Å². The second-order valence-corrected chi connectivity index (χ2v) is 7.55. The van der Waals surface area contributed by atoms with Crippen molar-refractivity contribution in [3.63, 3.8) is 0 Å². The van der Waals surface area contributed by atoms with Gasteiger partial charge in [-0.3, -0.25) is 19.2 Å². The van der Waals surface area contributed by atoms with Crippen LogP contribution >= 0.6 is 11.6 Å². The molecule has 0 amide bonds. The van der Waals surface area contributed by atoms with Crippen molar-refractivity contribution < 1.29 is 114 Å². The van der Waals surface area contributed by atoms with Crippen LogP contribution in [-0.4, -0.2) is 46.6 Å². The number of benzene rings is 2. The molecular weight excluding hydrogens is 584 g/mol. The van der Waals surface area contributed by atoms with E-state index in [4.69, 9.17) is 42.3 Å². The first-order valence-corrected chi connectivity index (χ1v) is 12.0. The molecule has 4 N–H and O–H groups in total. The first kappa shape index (κ1) is 46.0. The Morgan fingerprint density at radius 3 is 1.51 bits per heavy atom. The van der Waals surface area contributed by atoms with Crippen LogP contribution in [0.15, 0.2) is 60.7 Å². The van der Waals surface area contributed by atoms with Crippen molar-refractivity contribution >= 4 is 41.4 Å². The quantitative estimate of drug-likeness (QED) is 0.0400. The van der Waals surface area contributed by atoms with Crippen molar-refractivity contribution in [2.24, 2.45) is 5.73 Å². The Balaban J connectivity index is -0.000000159. The van der Waals surface area contributed by atoms with E-state index < -0.39 is 17.4 Å². The Hall–Kier alpha value is -2.00. The fourth-order valence-electron chi connectivity index (χ4n) is 2.32. The minimum Gasteiger partial charge on any atom is -1.00 e. The van der Waals surface area contributed by atoms with Crippen molar-refractivity contribution in [1.82, 2.24) is 0 Å². The summed E-state index contributed by atoms with van der Waals surface area (Å²) < 4.78 is 9.60. The van der Waals surface area contributed by atoms with Gasteiger partial charge in [0.2, 0.25) is 0 Å². The van der Waals surface area contributed by atoms with Crippen LogP contribution in [0.25, 0.3) is 0 Å². The summed E-state index contributed by atoms with van der Waals surface area (Å²) >= 11 is 4.97. The average molecular weight is 618 g/mol. The van der Waals surface area contributed by atoms with Crippen molar-refractivity contribution in [3.8, 4) is 0 Å². The number of carboxylic acid groups (broad SMARTS) is 2. The zero-order valence-electron chi connectivity index (χ0n) is 24.2. The second kappa shape index (κ2) is 34.2. The fourth-order valence-corrected chi connectivity index (χ4v) is 2.38. The number of rotatable bonds is 13. The topological polar surface area (TPSA) is 203 Å². The van der Waals surface area contributed by atoms with Gasteiger partial charge in [-0.25, -0.2) is 4.79 Å². The summed E-state index contributed by atoms with van der Waals surface area (Å²) in [6.07, 6.45) is 2.22. The molecule has 0 fully saturated rings. The summed E-state index contributed by atoms with van der Waals surface area (Å²) in [5.74, 6) is -1.88. The van der Waals surface area contributed by atoms with Crippen molar-refractivity contribution in [2.75, 3.05) is 6.54 Å². The largest absolute Gasteiger partial charge is 1.00 e. The predicted octanol–water partition coefficient (Wildman–Crippen LogP) is -2.70. The van der Waals surface area contributed by atoms with Crippen LogP contribution in [0, 0.1) is 0 Å². The second-order valence-electron chi connectivity index (χ2n) is 7.24. The number of carbonyl (C=O) groups is 5. The number of nitrogens with two attached hydrogens (primary N) is 1. The molecule has 0 spiro atoms. The number of esters is 1. The third-order valence-corrected chi connectivity index (χ3v) is 4.20. The van der Waals surface area contributed by atoms with E-state index in [0.29, 0.717) is 25.8 Å². The van der Waals surface area contributed by atoms with Gasteiger partial charge in [-0.2, -0.15) is 0 Å². The number of halogens is 1. The summed E-state index contributed by atoms with van der Waals surface area (Å²) in [7, 11) is 0.